The topological polar surface area (TPSA) is 120 Å². The van der Waals surface area contributed by atoms with Crippen LogP contribution >= 0.6 is 66.1 Å². The van der Waals surface area contributed by atoms with Gasteiger partial charge in [0, 0.05) is 35.4 Å². The molecule has 2 amide bonds. The largest absolute Gasteiger partial charge is 0.494 e. The molecule has 1 fully saturated rings. The highest BCUT2D eigenvalue weighted by atomic mass is 79.9. The number of thiazole rings is 2. The van der Waals surface area contributed by atoms with Crippen LogP contribution in [0.4, 0.5) is 10.3 Å². The van der Waals surface area contributed by atoms with Gasteiger partial charge in [0.1, 0.15) is 0 Å². The Bertz CT molecular complexity index is 2110. The monoisotopic (exact) mass is 938 g/mol. The van der Waals surface area contributed by atoms with Gasteiger partial charge in [0.2, 0.25) is 0 Å². The summed E-state index contributed by atoms with van der Waals surface area (Å²) in [6.07, 6.45) is 9.07. The molecule has 0 radical (unpaired) electrons. The van der Waals surface area contributed by atoms with Crippen LogP contribution in [0.1, 0.15) is 106 Å². The van der Waals surface area contributed by atoms with E-state index in [0.717, 1.165) is 50.9 Å². The number of amides is 2. The summed E-state index contributed by atoms with van der Waals surface area (Å²) >= 11 is 15.0. The molecule has 15 heteroatoms. The molecule has 0 unspecified atom stereocenters. The van der Waals surface area contributed by atoms with Gasteiger partial charge in [-0.3, -0.25) is 25.0 Å². The van der Waals surface area contributed by atoms with Crippen molar-refractivity contribution in [3.63, 3.8) is 0 Å². The lowest BCUT2D eigenvalue weighted by Gasteiger charge is -2.32. The standard InChI is InChI=1S/C20H25BN2O3S.C14H13BrN2OS.C7H4BrClO/c1-19(2)20(3,4)26-21(25-19)14-11-9-13(10-12-14)17(24)23-18-22-15-7-5-6-8-16(15)27-18;15-10-7-5-9(6-8-10)13(18)17-14-16-11-3-1-2-4-12(11)19-14;8-6-3-1-5(2-4-6)7(9)10/h9-12H,5-8H2,1-4H3,(H,22,23,24);5-8H,1-4H2,(H,16,17,18);1-4H. The summed E-state index contributed by atoms with van der Waals surface area (Å²) in [5.41, 5.74) is 4.25. The van der Waals surface area contributed by atoms with Gasteiger partial charge in [0.25, 0.3) is 17.1 Å². The van der Waals surface area contributed by atoms with Crippen molar-refractivity contribution in [1.29, 1.82) is 0 Å². The van der Waals surface area contributed by atoms with Crippen molar-refractivity contribution in [1.82, 2.24) is 9.97 Å². The number of carbonyl (C=O) groups excluding carboxylic acids is 3. The zero-order chi connectivity index (χ0) is 40.0. The van der Waals surface area contributed by atoms with Gasteiger partial charge in [0.15, 0.2) is 10.3 Å². The van der Waals surface area contributed by atoms with Gasteiger partial charge in [0.05, 0.1) is 22.6 Å². The predicted octanol–water partition coefficient (Wildman–Crippen LogP) is 10.4. The van der Waals surface area contributed by atoms with Crippen LogP contribution in [0.15, 0.2) is 81.7 Å². The van der Waals surface area contributed by atoms with E-state index in [0.29, 0.717) is 21.8 Å². The van der Waals surface area contributed by atoms with Crippen LogP contribution < -0.4 is 16.1 Å². The molecule has 56 heavy (non-hydrogen) atoms. The zero-order valence-corrected chi connectivity index (χ0v) is 37.1. The number of rotatable bonds is 6. The first-order valence-electron chi connectivity index (χ1n) is 18.4. The molecule has 3 heterocycles. The number of hydrogen-bond donors (Lipinski definition) is 2. The van der Waals surface area contributed by atoms with E-state index < -0.39 is 12.4 Å². The molecule has 0 bridgehead atoms. The molecule has 0 spiro atoms. The zero-order valence-electron chi connectivity index (χ0n) is 31.5. The Balaban J connectivity index is 0.000000159. The minimum absolute atomic E-state index is 0.0985. The normalized spacial score (nSPS) is 16.2. The summed E-state index contributed by atoms with van der Waals surface area (Å²) in [7, 11) is -0.419. The average molecular weight is 941 g/mol. The molecule has 2 aromatic heterocycles. The van der Waals surface area contributed by atoms with Gasteiger partial charge >= 0.3 is 7.12 Å². The lowest BCUT2D eigenvalue weighted by atomic mass is 9.79. The third-order valence-corrected chi connectivity index (χ3v) is 13.4. The van der Waals surface area contributed by atoms with E-state index in [4.69, 9.17) is 20.9 Å². The summed E-state index contributed by atoms with van der Waals surface area (Å²) in [5.74, 6) is -0.236. The van der Waals surface area contributed by atoms with Gasteiger partial charge in [-0.2, -0.15) is 0 Å². The summed E-state index contributed by atoms with van der Waals surface area (Å²) in [4.78, 5) is 46.9. The first-order chi connectivity index (χ1) is 26.7. The van der Waals surface area contributed by atoms with Crippen molar-refractivity contribution >= 4 is 106 Å². The van der Waals surface area contributed by atoms with Crippen molar-refractivity contribution in [2.75, 3.05) is 10.6 Å². The SMILES string of the molecule is CC1(C)OB(c2ccc(C(=O)Nc3nc4c(s3)CCCC4)cc2)OC1(C)C.O=C(Cl)c1ccc(Br)cc1.O=C(Nc1nc2c(s1)CCCC2)c1ccc(Br)cc1. The Labute approximate surface area is 357 Å². The molecule has 0 atom stereocenters. The fourth-order valence-corrected chi connectivity index (χ4v) is 8.85. The molecule has 2 N–H and O–H groups in total. The van der Waals surface area contributed by atoms with Crippen molar-refractivity contribution in [2.24, 2.45) is 0 Å². The van der Waals surface area contributed by atoms with Crippen LogP contribution in [0.2, 0.25) is 0 Å². The highest BCUT2D eigenvalue weighted by Gasteiger charge is 2.51. The molecule has 3 aliphatic rings. The Morgan fingerprint density at radius 2 is 1.00 bits per heavy atom. The van der Waals surface area contributed by atoms with E-state index in [1.807, 2.05) is 64.1 Å². The van der Waals surface area contributed by atoms with Gasteiger partial charge in [-0.1, -0.05) is 44.0 Å². The molecule has 292 valence electrons. The molecular weight excluding hydrogens is 899 g/mol. The van der Waals surface area contributed by atoms with E-state index in [2.05, 4.69) is 52.5 Å². The fraction of sp³-hybridized carbons (Fsp3) is 0.341. The third-order valence-electron chi connectivity index (χ3n) is 10.0. The maximum Gasteiger partial charge on any atom is 0.494 e. The molecule has 5 aromatic rings. The number of aryl methyl sites for hydroxylation is 4. The van der Waals surface area contributed by atoms with E-state index in [1.165, 1.54) is 41.1 Å². The maximum atomic E-state index is 12.6. The molecule has 0 saturated carbocycles. The average Bonchev–Trinajstić information content (AvgIpc) is 3.84. The molecule has 3 aromatic carbocycles. The molecule has 8 rings (SSSR count). The molecule has 9 nitrogen and oxygen atoms in total. The number of fused-ring (bicyclic) bond motifs is 2. The van der Waals surface area contributed by atoms with Crippen LogP contribution in [0.5, 0.6) is 0 Å². The van der Waals surface area contributed by atoms with Gasteiger partial charge < -0.3 is 9.31 Å². The lowest BCUT2D eigenvalue weighted by molar-refractivity contribution is 0.00578. The number of benzene rings is 3. The van der Waals surface area contributed by atoms with Crippen LogP contribution in [0.25, 0.3) is 0 Å². The highest BCUT2D eigenvalue weighted by Crippen LogP contribution is 2.36. The van der Waals surface area contributed by atoms with Gasteiger partial charge in [-0.25, -0.2) is 9.97 Å². The first-order valence-corrected chi connectivity index (χ1v) is 22.0. The summed E-state index contributed by atoms with van der Waals surface area (Å²) in [6, 6.07) is 21.6. The summed E-state index contributed by atoms with van der Waals surface area (Å²) in [5, 5.41) is 6.82. The van der Waals surface area contributed by atoms with Crippen molar-refractivity contribution in [3.05, 3.63) is 120 Å². The molecule has 1 saturated heterocycles. The third kappa shape index (κ3) is 10.8. The van der Waals surface area contributed by atoms with Crippen LogP contribution in [0, 0.1) is 0 Å². The number of aromatic nitrogens is 2. The first kappa shape index (κ1) is 42.4. The van der Waals surface area contributed by atoms with Gasteiger partial charge in [-0.15, -0.1) is 22.7 Å². The quantitative estimate of drug-likeness (QED) is 0.129. The van der Waals surface area contributed by atoms with Gasteiger partial charge in [-0.05, 0) is 157 Å². The summed E-state index contributed by atoms with van der Waals surface area (Å²) in [6.45, 7) is 8.12. The molecular formula is C41H42BBr2ClN4O5S2. The minimum Gasteiger partial charge on any atom is -0.399 e. The van der Waals surface area contributed by atoms with Crippen LogP contribution in [0.3, 0.4) is 0 Å². The number of hydrogen-bond acceptors (Lipinski definition) is 9. The van der Waals surface area contributed by atoms with E-state index >= 15 is 0 Å². The van der Waals surface area contributed by atoms with Crippen molar-refractivity contribution in [3.8, 4) is 0 Å². The predicted molar refractivity (Wildman–Crippen MR) is 234 cm³/mol. The highest BCUT2D eigenvalue weighted by molar-refractivity contribution is 9.10. The second-order valence-corrected chi connectivity index (χ2v) is 18.9. The van der Waals surface area contributed by atoms with Crippen molar-refractivity contribution in [2.45, 2.75) is 90.3 Å². The fourth-order valence-electron chi connectivity index (χ4n) is 6.10. The van der Waals surface area contributed by atoms with E-state index in [-0.39, 0.29) is 23.0 Å². The lowest BCUT2D eigenvalue weighted by Crippen LogP contribution is -2.41. The number of halogens is 3. The number of carbonyl (C=O) groups is 3. The Kier molecular flexibility index (Phi) is 14.0. The second kappa shape index (κ2) is 18.6. The Hall–Kier alpha value is -3.24. The minimum atomic E-state index is -0.424. The Morgan fingerprint density at radius 1 is 0.625 bits per heavy atom. The van der Waals surface area contributed by atoms with E-state index in [9.17, 15) is 14.4 Å². The van der Waals surface area contributed by atoms with Crippen LogP contribution in [-0.2, 0) is 35.0 Å². The maximum absolute atomic E-state index is 12.6. The summed E-state index contributed by atoms with van der Waals surface area (Å²) < 4.78 is 14.0. The molecule has 1 aliphatic heterocycles. The second-order valence-electron chi connectivity index (χ2n) is 14.6. The van der Waals surface area contributed by atoms with E-state index in [1.54, 1.807) is 59.1 Å². The number of nitrogens with one attached hydrogen (secondary N) is 2. The van der Waals surface area contributed by atoms with Crippen molar-refractivity contribution < 1.29 is 23.7 Å². The van der Waals surface area contributed by atoms with Crippen LogP contribution in [-0.4, -0.2) is 45.3 Å². The number of anilines is 2. The molecule has 2 aliphatic carbocycles. The number of nitrogens with zero attached hydrogens (tertiary/aromatic N) is 2. The smallest absolute Gasteiger partial charge is 0.399 e. The Morgan fingerprint density at radius 3 is 1.39 bits per heavy atom.